The lowest BCUT2D eigenvalue weighted by Crippen LogP contribution is -2.31. The van der Waals surface area contributed by atoms with Crippen LogP contribution in [0.1, 0.15) is 6.92 Å². The van der Waals surface area contributed by atoms with Gasteiger partial charge in [-0.3, -0.25) is 4.79 Å². The standard InChI is InChI=1S/C10H10BrCl2NO4S/c1-2-18-9(15)5-14-19(16,17)10-7(12)3-6(11)4-8(10)13/h3-4,14H,2,5H2,1H3. The topological polar surface area (TPSA) is 72.5 Å². The molecule has 106 valence electrons. The van der Waals surface area contributed by atoms with E-state index in [2.05, 4.69) is 25.4 Å². The van der Waals surface area contributed by atoms with Crippen molar-refractivity contribution in [3.8, 4) is 0 Å². The molecule has 0 aromatic heterocycles. The summed E-state index contributed by atoms with van der Waals surface area (Å²) in [4.78, 5) is 10.8. The number of ether oxygens (including phenoxy) is 1. The molecule has 0 bridgehead atoms. The quantitative estimate of drug-likeness (QED) is 0.784. The summed E-state index contributed by atoms with van der Waals surface area (Å²) in [6.45, 7) is 1.30. The lowest BCUT2D eigenvalue weighted by Gasteiger charge is -2.10. The summed E-state index contributed by atoms with van der Waals surface area (Å²) in [5.41, 5.74) is 0. The van der Waals surface area contributed by atoms with Crippen molar-refractivity contribution in [1.82, 2.24) is 4.72 Å². The highest BCUT2D eigenvalue weighted by Gasteiger charge is 2.23. The van der Waals surface area contributed by atoms with E-state index in [9.17, 15) is 13.2 Å². The van der Waals surface area contributed by atoms with Gasteiger partial charge in [0, 0.05) is 4.47 Å². The van der Waals surface area contributed by atoms with E-state index in [0.29, 0.717) is 4.47 Å². The molecule has 0 atom stereocenters. The SMILES string of the molecule is CCOC(=O)CNS(=O)(=O)c1c(Cl)cc(Br)cc1Cl. The Balaban J connectivity index is 2.98. The second-order valence-corrected chi connectivity index (χ2v) is 6.76. The Labute approximate surface area is 129 Å². The van der Waals surface area contributed by atoms with Crippen LogP contribution in [0.3, 0.4) is 0 Å². The number of sulfonamides is 1. The van der Waals surface area contributed by atoms with Crippen LogP contribution in [-0.2, 0) is 19.6 Å². The molecule has 0 radical (unpaired) electrons. The van der Waals surface area contributed by atoms with Crippen molar-refractivity contribution in [2.75, 3.05) is 13.2 Å². The van der Waals surface area contributed by atoms with E-state index in [-0.39, 0.29) is 21.5 Å². The van der Waals surface area contributed by atoms with E-state index in [4.69, 9.17) is 23.2 Å². The fourth-order valence-corrected chi connectivity index (χ4v) is 4.13. The minimum Gasteiger partial charge on any atom is -0.465 e. The van der Waals surface area contributed by atoms with Crippen LogP contribution in [0.25, 0.3) is 0 Å². The molecule has 1 N–H and O–H groups in total. The van der Waals surface area contributed by atoms with E-state index >= 15 is 0 Å². The molecule has 19 heavy (non-hydrogen) atoms. The molecular formula is C10H10BrCl2NO4S. The van der Waals surface area contributed by atoms with Gasteiger partial charge < -0.3 is 4.74 Å². The Morgan fingerprint density at radius 3 is 2.37 bits per heavy atom. The summed E-state index contributed by atoms with van der Waals surface area (Å²) >= 11 is 14.8. The lowest BCUT2D eigenvalue weighted by molar-refractivity contribution is -0.141. The molecule has 1 aromatic rings. The molecule has 0 aliphatic carbocycles. The number of hydrogen-bond donors (Lipinski definition) is 1. The third-order valence-corrected chi connectivity index (χ3v) is 4.72. The zero-order chi connectivity index (χ0) is 14.6. The van der Waals surface area contributed by atoms with Gasteiger partial charge in [0.25, 0.3) is 0 Å². The summed E-state index contributed by atoms with van der Waals surface area (Å²) < 4.78 is 31.2. The molecule has 1 rings (SSSR count). The van der Waals surface area contributed by atoms with Crippen LogP contribution in [0.4, 0.5) is 0 Å². The average molecular weight is 391 g/mol. The molecule has 0 amide bonds. The fraction of sp³-hybridized carbons (Fsp3) is 0.300. The molecule has 0 aliphatic rings. The van der Waals surface area contributed by atoms with E-state index in [1.807, 2.05) is 0 Å². The van der Waals surface area contributed by atoms with Crippen molar-refractivity contribution >= 4 is 55.1 Å². The Morgan fingerprint density at radius 1 is 1.37 bits per heavy atom. The molecule has 0 saturated carbocycles. The number of hydrogen-bond acceptors (Lipinski definition) is 4. The normalized spacial score (nSPS) is 11.4. The fourth-order valence-electron chi connectivity index (χ4n) is 1.22. The van der Waals surface area contributed by atoms with Crippen LogP contribution in [0, 0.1) is 0 Å². The van der Waals surface area contributed by atoms with Crippen LogP contribution < -0.4 is 4.72 Å². The first-order valence-corrected chi connectivity index (χ1v) is 8.11. The first kappa shape index (κ1) is 16.7. The Bertz CT molecular complexity index is 568. The van der Waals surface area contributed by atoms with Crippen molar-refractivity contribution in [1.29, 1.82) is 0 Å². The number of benzene rings is 1. The van der Waals surface area contributed by atoms with Crippen LogP contribution in [0.15, 0.2) is 21.5 Å². The zero-order valence-electron chi connectivity index (χ0n) is 9.74. The van der Waals surface area contributed by atoms with Crippen LogP contribution in [-0.4, -0.2) is 27.5 Å². The van der Waals surface area contributed by atoms with Gasteiger partial charge in [-0.2, -0.15) is 4.72 Å². The van der Waals surface area contributed by atoms with Gasteiger partial charge in [0.05, 0.1) is 16.7 Å². The number of carbonyl (C=O) groups excluding carboxylic acids is 1. The molecular weight excluding hydrogens is 381 g/mol. The summed E-state index contributed by atoms with van der Waals surface area (Å²) in [5, 5.41) is -0.0912. The van der Waals surface area contributed by atoms with Crippen molar-refractivity contribution in [3.05, 3.63) is 26.7 Å². The Kier molecular flexibility index (Phi) is 6.07. The van der Waals surface area contributed by atoms with Crippen molar-refractivity contribution < 1.29 is 17.9 Å². The monoisotopic (exact) mass is 389 g/mol. The van der Waals surface area contributed by atoms with Gasteiger partial charge in [0.2, 0.25) is 10.0 Å². The maximum atomic E-state index is 12.0. The second-order valence-electron chi connectivity index (χ2n) is 3.33. The number of carbonyl (C=O) groups is 1. The largest absolute Gasteiger partial charge is 0.465 e. The predicted octanol–water partition coefficient (Wildman–Crippen LogP) is 2.60. The third-order valence-electron chi connectivity index (χ3n) is 1.94. The van der Waals surface area contributed by atoms with Crippen molar-refractivity contribution in [2.24, 2.45) is 0 Å². The smallest absolute Gasteiger partial charge is 0.321 e. The zero-order valence-corrected chi connectivity index (χ0v) is 13.7. The average Bonchev–Trinajstić information content (AvgIpc) is 2.25. The minimum atomic E-state index is -3.99. The number of halogens is 3. The molecule has 0 unspecified atom stereocenters. The molecule has 0 fully saturated rings. The molecule has 0 heterocycles. The van der Waals surface area contributed by atoms with Gasteiger partial charge in [0.15, 0.2) is 0 Å². The molecule has 0 spiro atoms. The van der Waals surface area contributed by atoms with Crippen molar-refractivity contribution in [3.63, 3.8) is 0 Å². The number of rotatable bonds is 5. The minimum absolute atomic E-state index is 0.0456. The maximum Gasteiger partial charge on any atom is 0.321 e. The molecule has 0 aliphatic heterocycles. The summed E-state index contributed by atoms with van der Waals surface area (Å²) in [7, 11) is -3.99. The third kappa shape index (κ3) is 4.61. The molecule has 5 nitrogen and oxygen atoms in total. The first-order valence-electron chi connectivity index (χ1n) is 5.07. The van der Waals surface area contributed by atoms with Gasteiger partial charge in [-0.1, -0.05) is 39.1 Å². The number of esters is 1. The van der Waals surface area contributed by atoms with Crippen LogP contribution in [0.2, 0.25) is 10.0 Å². The van der Waals surface area contributed by atoms with Gasteiger partial charge in [0.1, 0.15) is 11.4 Å². The first-order chi connectivity index (χ1) is 8.77. The second kappa shape index (κ2) is 6.90. The summed E-state index contributed by atoms with van der Waals surface area (Å²) in [6.07, 6.45) is 0. The lowest BCUT2D eigenvalue weighted by atomic mass is 10.4. The van der Waals surface area contributed by atoms with Crippen LogP contribution >= 0.6 is 39.1 Å². The van der Waals surface area contributed by atoms with Crippen molar-refractivity contribution in [2.45, 2.75) is 11.8 Å². The van der Waals surface area contributed by atoms with E-state index in [0.717, 1.165) is 0 Å². The molecule has 1 aromatic carbocycles. The highest BCUT2D eigenvalue weighted by Crippen LogP contribution is 2.32. The number of nitrogens with one attached hydrogen (secondary N) is 1. The highest BCUT2D eigenvalue weighted by molar-refractivity contribution is 9.10. The van der Waals surface area contributed by atoms with E-state index in [1.54, 1.807) is 6.92 Å². The summed E-state index contributed by atoms with van der Waals surface area (Å²) in [6, 6.07) is 2.79. The van der Waals surface area contributed by atoms with Gasteiger partial charge in [-0.15, -0.1) is 0 Å². The molecule has 0 saturated heterocycles. The summed E-state index contributed by atoms with van der Waals surface area (Å²) in [5.74, 6) is -0.685. The Hall–Kier alpha value is -0.340. The molecule has 9 heteroatoms. The van der Waals surface area contributed by atoms with E-state index < -0.39 is 22.5 Å². The van der Waals surface area contributed by atoms with Gasteiger partial charge in [-0.05, 0) is 19.1 Å². The van der Waals surface area contributed by atoms with Crippen LogP contribution in [0.5, 0.6) is 0 Å². The van der Waals surface area contributed by atoms with Gasteiger partial charge in [-0.25, -0.2) is 8.42 Å². The maximum absolute atomic E-state index is 12.0. The van der Waals surface area contributed by atoms with Gasteiger partial charge >= 0.3 is 5.97 Å². The predicted molar refractivity (Wildman–Crippen MR) is 76.0 cm³/mol. The van der Waals surface area contributed by atoms with E-state index in [1.165, 1.54) is 12.1 Å². The Morgan fingerprint density at radius 2 is 1.89 bits per heavy atom. The highest BCUT2D eigenvalue weighted by atomic mass is 79.9.